The fourth-order valence-electron chi connectivity index (χ4n) is 2.11. The molecule has 0 aliphatic heterocycles. The van der Waals surface area contributed by atoms with E-state index in [1.54, 1.807) is 30.3 Å². The van der Waals surface area contributed by atoms with E-state index in [9.17, 15) is 19.5 Å². The van der Waals surface area contributed by atoms with Gasteiger partial charge in [-0.1, -0.05) is 18.2 Å². The summed E-state index contributed by atoms with van der Waals surface area (Å²) < 4.78 is 5.24. The van der Waals surface area contributed by atoms with Crippen LogP contribution in [-0.4, -0.2) is 48.1 Å². The Morgan fingerprint density at radius 1 is 1.19 bits per heavy atom. The average Bonchev–Trinajstić information content (AvgIpc) is 3.26. The van der Waals surface area contributed by atoms with Crippen LogP contribution in [-0.2, 0) is 14.3 Å². The average molecular weight is 291 g/mol. The normalized spacial score (nSPS) is 16.7. The Labute approximate surface area is 122 Å². The third-order valence-corrected chi connectivity index (χ3v) is 3.62. The number of benzene rings is 1. The molecule has 1 aliphatic carbocycles. The molecule has 6 heteroatoms. The number of aliphatic carboxylic acids is 1. The smallest absolute Gasteiger partial charge is 0.338 e. The Kier molecular flexibility index (Phi) is 3.97. The lowest BCUT2D eigenvalue weighted by atomic mass is 9.98. The van der Waals surface area contributed by atoms with E-state index in [-0.39, 0.29) is 5.56 Å². The van der Waals surface area contributed by atoms with E-state index in [0.29, 0.717) is 12.8 Å². The number of carbonyl (C=O) groups is 3. The van der Waals surface area contributed by atoms with E-state index >= 15 is 0 Å². The fourth-order valence-corrected chi connectivity index (χ4v) is 2.11. The van der Waals surface area contributed by atoms with Crippen LogP contribution in [0, 0.1) is 5.41 Å². The molecule has 0 heterocycles. The maximum atomic E-state index is 12.2. The topological polar surface area (TPSA) is 83.9 Å². The molecular weight excluding hydrogens is 274 g/mol. The van der Waals surface area contributed by atoms with Crippen LogP contribution in [0.25, 0.3) is 0 Å². The SMILES string of the molecule is CN(C)C(=O)[C@@H](OC(=O)c1ccccc1)C1(C(=O)O)CC1. The number of carboxylic acid groups (broad SMARTS) is 1. The number of carbonyl (C=O) groups excluding carboxylic acids is 2. The van der Waals surface area contributed by atoms with Crippen LogP contribution in [0.4, 0.5) is 0 Å². The molecule has 1 atom stereocenters. The molecular formula is C15H17NO5. The highest BCUT2D eigenvalue weighted by Crippen LogP contribution is 2.50. The molecule has 1 saturated carbocycles. The summed E-state index contributed by atoms with van der Waals surface area (Å²) in [6.07, 6.45) is -0.638. The Morgan fingerprint density at radius 3 is 2.19 bits per heavy atom. The zero-order valence-electron chi connectivity index (χ0n) is 11.9. The molecule has 0 unspecified atom stereocenters. The van der Waals surface area contributed by atoms with Crippen molar-refractivity contribution in [3.8, 4) is 0 Å². The Hall–Kier alpha value is -2.37. The number of carboxylic acids is 1. The van der Waals surface area contributed by atoms with Gasteiger partial charge in [0.15, 0.2) is 6.10 Å². The Bertz CT molecular complexity index is 563. The molecule has 2 rings (SSSR count). The minimum atomic E-state index is -1.29. The van der Waals surface area contributed by atoms with Gasteiger partial charge in [-0.2, -0.15) is 0 Å². The first-order valence-electron chi connectivity index (χ1n) is 6.59. The number of hydrogen-bond donors (Lipinski definition) is 1. The van der Waals surface area contributed by atoms with E-state index in [0.717, 1.165) is 0 Å². The number of rotatable bonds is 5. The Morgan fingerprint density at radius 2 is 1.76 bits per heavy atom. The molecule has 0 saturated heterocycles. The summed E-state index contributed by atoms with van der Waals surface area (Å²) in [6.45, 7) is 0. The minimum Gasteiger partial charge on any atom is -0.481 e. The highest BCUT2D eigenvalue weighted by molar-refractivity contribution is 5.95. The summed E-state index contributed by atoms with van der Waals surface area (Å²) in [5.74, 6) is -2.31. The third-order valence-electron chi connectivity index (χ3n) is 3.62. The summed E-state index contributed by atoms with van der Waals surface area (Å²) in [4.78, 5) is 36.9. The fraction of sp³-hybridized carbons (Fsp3) is 0.400. The first-order chi connectivity index (χ1) is 9.88. The molecule has 6 nitrogen and oxygen atoms in total. The molecule has 112 valence electrons. The largest absolute Gasteiger partial charge is 0.481 e. The van der Waals surface area contributed by atoms with Crippen molar-refractivity contribution < 1.29 is 24.2 Å². The van der Waals surface area contributed by atoms with Crippen molar-refractivity contribution in [3.63, 3.8) is 0 Å². The van der Waals surface area contributed by atoms with Gasteiger partial charge >= 0.3 is 11.9 Å². The summed E-state index contributed by atoms with van der Waals surface area (Å²) in [5, 5.41) is 9.33. The maximum absolute atomic E-state index is 12.2. The molecule has 1 aliphatic rings. The zero-order chi connectivity index (χ0) is 15.6. The zero-order valence-corrected chi connectivity index (χ0v) is 11.9. The quantitative estimate of drug-likeness (QED) is 0.823. The second kappa shape index (κ2) is 5.55. The van der Waals surface area contributed by atoms with Crippen LogP contribution in [0.3, 0.4) is 0 Å². The number of esters is 1. The lowest BCUT2D eigenvalue weighted by molar-refractivity contribution is -0.157. The van der Waals surface area contributed by atoms with E-state index in [1.165, 1.54) is 19.0 Å². The van der Waals surface area contributed by atoms with Crippen LogP contribution in [0.5, 0.6) is 0 Å². The van der Waals surface area contributed by atoms with E-state index in [2.05, 4.69) is 0 Å². The molecule has 1 fully saturated rings. The van der Waals surface area contributed by atoms with Crippen LogP contribution in [0.2, 0.25) is 0 Å². The predicted molar refractivity (Wildman–Crippen MR) is 73.6 cm³/mol. The van der Waals surface area contributed by atoms with Gasteiger partial charge in [0.05, 0.1) is 5.56 Å². The van der Waals surface area contributed by atoms with Crippen molar-refractivity contribution >= 4 is 17.8 Å². The van der Waals surface area contributed by atoms with Crippen LogP contribution in [0.15, 0.2) is 30.3 Å². The van der Waals surface area contributed by atoms with Gasteiger partial charge in [-0.15, -0.1) is 0 Å². The molecule has 0 bridgehead atoms. The second-order valence-corrected chi connectivity index (χ2v) is 5.35. The molecule has 1 amide bonds. The molecule has 21 heavy (non-hydrogen) atoms. The predicted octanol–water partition coefficient (Wildman–Crippen LogP) is 1.16. The molecule has 1 aromatic rings. The van der Waals surface area contributed by atoms with Crippen molar-refractivity contribution in [2.24, 2.45) is 5.41 Å². The standard InChI is InChI=1S/C15H17NO5/c1-16(2)12(17)11(15(8-9-15)14(19)20)21-13(18)10-6-4-3-5-7-10/h3-7,11H,8-9H2,1-2H3,(H,19,20)/t11-/m1/s1. The van der Waals surface area contributed by atoms with Crippen molar-refractivity contribution in [2.75, 3.05) is 14.1 Å². The summed E-state index contributed by atoms with van der Waals surface area (Å²) in [5.41, 5.74) is -0.999. The molecule has 0 aromatic heterocycles. The third kappa shape index (κ3) is 2.89. The number of likely N-dealkylation sites (N-methyl/N-ethyl adjacent to an activating group) is 1. The van der Waals surface area contributed by atoms with Crippen LogP contribution < -0.4 is 0 Å². The second-order valence-electron chi connectivity index (χ2n) is 5.35. The summed E-state index contributed by atoms with van der Waals surface area (Å²) in [7, 11) is 3.01. The highest BCUT2D eigenvalue weighted by Gasteiger charge is 2.61. The number of hydrogen-bond acceptors (Lipinski definition) is 4. The number of ether oxygens (including phenoxy) is 1. The number of amides is 1. The monoisotopic (exact) mass is 291 g/mol. The summed E-state index contributed by atoms with van der Waals surface area (Å²) >= 11 is 0. The van der Waals surface area contributed by atoms with Gasteiger partial charge in [0, 0.05) is 14.1 Å². The highest BCUT2D eigenvalue weighted by atomic mass is 16.6. The van der Waals surface area contributed by atoms with Crippen molar-refractivity contribution in [1.29, 1.82) is 0 Å². The lowest BCUT2D eigenvalue weighted by Crippen LogP contribution is -2.46. The molecule has 0 spiro atoms. The molecule has 1 aromatic carbocycles. The van der Waals surface area contributed by atoms with E-state index in [4.69, 9.17) is 4.74 Å². The molecule has 0 radical (unpaired) electrons. The van der Waals surface area contributed by atoms with E-state index < -0.39 is 29.4 Å². The first-order valence-corrected chi connectivity index (χ1v) is 6.59. The van der Waals surface area contributed by atoms with Gasteiger partial charge in [-0.3, -0.25) is 9.59 Å². The first kappa shape index (κ1) is 15.0. The van der Waals surface area contributed by atoms with Crippen molar-refractivity contribution in [3.05, 3.63) is 35.9 Å². The van der Waals surface area contributed by atoms with Crippen molar-refractivity contribution in [2.45, 2.75) is 18.9 Å². The van der Waals surface area contributed by atoms with Crippen LogP contribution >= 0.6 is 0 Å². The van der Waals surface area contributed by atoms with Gasteiger partial charge in [-0.05, 0) is 25.0 Å². The van der Waals surface area contributed by atoms with Gasteiger partial charge < -0.3 is 14.7 Å². The van der Waals surface area contributed by atoms with Gasteiger partial charge in [0.25, 0.3) is 5.91 Å². The van der Waals surface area contributed by atoms with Gasteiger partial charge in [0.1, 0.15) is 5.41 Å². The van der Waals surface area contributed by atoms with Crippen molar-refractivity contribution in [1.82, 2.24) is 4.90 Å². The summed E-state index contributed by atoms with van der Waals surface area (Å²) in [6, 6.07) is 8.20. The Balaban J connectivity index is 2.24. The van der Waals surface area contributed by atoms with Crippen LogP contribution in [0.1, 0.15) is 23.2 Å². The van der Waals surface area contributed by atoms with E-state index in [1.807, 2.05) is 0 Å². The molecule has 1 N–H and O–H groups in total. The van der Waals surface area contributed by atoms with Gasteiger partial charge in [0.2, 0.25) is 0 Å². The van der Waals surface area contributed by atoms with Gasteiger partial charge in [-0.25, -0.2) is 4.79 Å². The lowest BCUT2D eigenvalue weighted by Gasteiger charge is -2.25. The number of nitrogens with zero attached hydrogens (tertiary/aromatic N) is 1. The maximum Gasteiger partial charge on any atom is 0.338 e. The minimum absolute atomic E-state index is 0.287.